The van der Waals surface area contributed by atoms with Gasteiger partial charge in [0.2, 0.25) is 5.95 Å². The predicted molar refractivity (Wildman–Crippen MR) is 34.2 cm³/mol. The summed E-state index contributed by atoms with van der Waals surface area (Å²) in [5.74, 6) is -3.91. The van der Waals surface area contributed by atoms with Gasteiger partial charge in [0.15, 0.2) is 5.82 Å². The van der Waals surface area contributed by atoms with Crippen LogP contribution in [0.1, 0.15) is 5.56 Å². The van der Waals surface area contributed by atoms with Gasteiger partial charge >= 0.3 is 6.18 Å². The highest BCUT2D eigenvalue weighted by atomic mass is 35.5. The van der Waals surface area contributed by atoms with E-state index in [9.17, 15) is 22.0 Å². The molecule has 0 aliphatic heterocycles. The van der Waals surface area contributed by atoms with Crippen molar-refractivity contribution < 1.29 is 22.0 Å². The topological polar surface area (TPSA) is 12.9 Å². The van der Waals surface area contributed by atoms with Crippen LogP contribution in [-0.2, 0) is 6.18 Å². The number of pyridine rings is 1. The summed E-state index contributed by atoms with van der Waals surface area (Å²) in [6, 6.07) is 0. The lowest BCUT2D eigenvalue weighted by atomic mass is 10.2. The summed E-state index contributed by atoms with van der Waals surface area (Å²) in [6.45, 7) is 0. The lowest BCUT2D eigenvalue weighted by molar-refractivity contribution is -0.140. The van der Waals surface area contributed by atoms with Crippen molar-refractivity contribution in [2.75, 3.05) is 0 Å². The first-order valence-corrected chi connectivity index (χ1v) is 3.28. The van der Waals surface area contributed by atoms with Gasteiger partial charge < -0.3 is 0 Å². The Morgan fingerprint density at radius 1 is 1.23 bits per heavy atom. The molecule has 0 N–H and O–H groups in total. The van der Waals surface area contributed by atoms with Gasteiger partial charge in [0.05, 0.1) is 5.02 Å². The van der Waals surface area contributed by atoms with Crippen molar-refractivity contribution in [3.05, 3.63) is 28.5 Å². The summed E-state index contributed by atoms with van der Waals surface area (Å²) >= 11 is 5.00. The normalized spacial score (nSPS) is 11.8. The molecular formula is C6HClF5N. The summed E-state index contributed by atoms with van der Waals surface area (Å²) in [6.07, 6.45) is -4.62. The first-order chi connectivity index (χ1) is 5.84. The number of hydrogen-bond donors (Lipinski definition) is 0. The van der Waals surface area contributed by atoms with Crippen LogP contribution in [0.3, 0.4) is 0 Å². The van der Waals surface area contributed by atoms with Crippen LogP contribution in [0.2, 0.25) is 5.02 Å². The maximum absolute atomic E-state index is 12.5. The van der Waals surface area contributed by atoms with E-state index in [2.05, 4.69) is 4.98 Å². The summed E-state index contributed by atoms with van der Waals surface area (Å²) < 4.78 is 60.7. The molecule has 13 heavy (non-hydrogen) atoms. The van der Waals surface area contributed by atoms with Crippen molar-refractivity contribution in [1.82, 2.24) is 4.98 Å². The van der Waals surface area contributed by atoms with Gasteiger partial charge in [-0.3, -0.25) is 0 Å². The van der Waals surface area contributed by atoms with Crippen molar-refractivity contribution in [1.29, 1.82) is 0 Å². The third-order valence-electron chi connectivity index (χ3n) is 1.21. The van der Waals surface area contributed by atoms with Gasteiger partial charge in [-0.15, -0.1) is 0 Å². The molecule has 0 atom stereocenters. The Morgan fingerprint density at radius 3 is 2.15 bits per heavy atom. The third kappa shape index (κ3) is 1.88. The third-order valence-corrected chi connectivity index (χ3v) is 1.50. The van der Waals surface area contributed by atoms with Crippen LogP contribution < -0.4 is 0 Å². The van der Waals surface area contributed by atoms with E-state index in [1.54, 1.807) is 0 Å². The van der Waals surface area contributed by atoms with Gasteiger partial charge in [0.25, 0.3) is 0 Å². The monoisotopic (exact) mass is 217 g/mol. The molecule has 0 spiro atoms. The second-order valence-electron chi connectivity index (χ2n) is 2.08. The first kappa shape index (κ1) is 10.2. The fourth-order valence-electron chi connectivity index (χ4n) is 0.702. The molecule has 1 heterocycles. The van der Waals surface area contributed by atoms with Gasteiger partial charge in [0.1, 0.15) is 5.56 Å². The Balaban J connectivity index is 3.43. The minimum Gasteiger partial charge on any atom is -0.224 e. The molecule has 0 radical (unpaired) electrons. The number of hydrogen-bond acceptors (Lipinski definition) is 1. The molecule has 0 bridgehead atoms. The minimum absolute atomic E-state index is 0.406. The quantitative estimate of drug-likeness (QED) is 0.481. The largest absolute Gasteiger partial charge is 0.420 e. The van der Waals surface area contributed by atoms with Crippen molar-refractivity contribution >= 4 is 11.6 Å². The van der Waals surface area contributed by atoms with E-state index < -0.39 is 28.5 Å². The molecule has 0 fully saturated rings. The molecule has 0 aromatic carbocycles. The van der Waals surface area contributed by atoms with Gasteiger partial charge in [-0.1, -0.05) is 11.6 Å². The summed E-state index contributed by atoms with van der Waals surface area (Å²) in [5.41, 5.74) is -1.83. The van der Waals surface area contributed by atoms with Gasteiger partial charge in [-0.2, -0.15) is 17.6 Å². The molecule has 1 rings (SSSR count). The Hall–Kier alpha value is -0.910. The van der Waals surface area contributed by atoms with E-state index in [1.165, 1.54) is 0 Å². The van der Waals surface area contributed by atoms with Crippen LogP contribution in [-0.4, -0.2) is 4.98 Å². The van der Waals surface area contributed by atoms with E-state index in [1.807, 2.05) is 0 Å². The van der Waals surface area contributed by atoms with Crippen LogP contribution in [0.4, 0.5) is 22.0 Å². The SMILES string of the molecule is Fc1ncc(Cl)c(C(F)(F)F)c1F. The zero-order valence-corrected chi connectivity index (χ0v) is 6.55. The molecule has 0 aliphatic rings. The minimum atomic E-state index is -5.02. The average molecular weight is 218 g/mol. The van der Waals surface area contributed by atoms with E-state index >= 15 is 0 Å². The highest BCUT2D eigenvalue weighted by Gasteiger charge is 2.38. The van der Waals surface area contributed by atoms with Crippen molar-refractivity contribution in [3.63, 3.8) is 0 Å². The highest BCUT2D eigenvalue weighted by molar-refractivity contribution is 6.31. The Kier molecular flexibility index (Phi) is 2.42. The van der Waals surface area contributed by atoms with Gasteiger partial charge in [-0.25, -0.2) is 9.37 Å². The zero-order chi connectivity index (χ0) is 10.2. The summed E-state index contributed by atoms with van der Waals surface area (Å²) in [7, 11) is 0. The molecule has 0 saturated heterocycles. The van der Waals surface area contributed by atoms with E-state index in [-0.39, 0.29) is 0 Å². The van der Waals surface area contributed by atoms with Crippen molar-refractivity contribution in [2.24, 2.45) is 0 Å². The molecule has 7 heteroatoms. The Morgan fingerprint density at radius 2 is 1.77 bits per heavy atom. The van der Waals surface area contributed by atoms with E-state index in [0.29, 0.717) is 6.20 Å². The molecule has 72 valence electrons. The van der Waals surface area contributed by atoms with Crippen LogP contribution >= 0.6 is 11.6 Å². The molecular weight excluding hydrogens is 217 g/mol. The number of halogens is 6. The van der Waals surface area contributed by atoms with Crippen LogP contribution in [0.25, 0.3) is 0 Å². The number of aromatic nitrogens is 1. The number of nitrogens with zero attached hydrogens (tertiary/aromatic N) is 1. The Labute approximate surface area is 74.1 Å². The fourth-order valence-corrected chi connectivity index (χ4v) is 0.941. The lowest BCUT2D eigenvalue weighted by Crippen LogP contribution is -2.11. The maximum atomic E-state index is 12.5. The molecule has 1 aromatic rings. The molecule has 0 saturated carbocycles. The fraction of sp³-hybridized carbons (Fsp3) is 0.167. The van der Waals surface area contributed by atoms with Crippen molar-refractivity contribution in [3.8, 4) is 0 Å². The number of rotatable bonds is 0. The average Bonchev–Trinajstić information content (AvgIpc) is 1.95. The van der Waals surface area contributed by atoms with Gasteiger partial charge in [0, 0.05) is 6.20 Å². The second-order valence-corrected chi connectivity index (χ2v) is 2.49. The Bertz CT molecular complexity index is 335. The van der Waals surface area contributed by atoms with E-state index in [0.717, 1.165) is 0 Å². The maximum Gasteiger partial charge on any atom is 0.420 e. The second kappa shape index (κ2) is 3.10. The molecule has 0 unspecified atom stereocenters. The lowest BCUT2D eigenvalue weighted by Gasteiger charge is -2.08. The number of alkyl halides is 3. The molecule has 0 aliphatic carbocycles. The van der Waals surface area contributed by atoms with Crippen LogP contribution in [0.5, 0.6) is 0 Å². The smallest absolute Gasteiger partial charge is 0.224 e. The highest BCUT2D eigenvalue weighted by Crippen LogP contribution is 2.36. The first-order valence-electron chi connectivity index (χ1n) is 2.90. The van der Waals surface area contributed by atoms with Crippen molar-refractivity contribution in [2.45, 2.75) is 6.18 Å². The van der Waals surface area contributed by atoms with Crippen LogP contribution in [0, 0.1) is 11.8 Å². The van der Waals surface area contributed by atoms with Crippen LogP contribution in [0.15, 0.2) is 6.20 Å². The zero-order valence-electron chi connectivity index (χ0n) is 5.79. The molecule has 1 aromatic heterocycles. The van der Waals surface area contributed by atoms with E-state index in [4.69, 9.17) is 11.6 Å². The standard InChI is InChI=1S/C6HClF5N/c7-2-1-13-5(9)4(8)3(2)6(10,11)12/h1H. The summed E-state index contributed by atoms with van der Waals surface area (Å²) in [5, 5.41) is -0.966. The molecule has 0 amide bonds. The van der Waals surface area contributed by atoms with Gasteiger partial charge in [-0.05, 0) is 0 Å². The summed E-state index contributed by atoms with van der Waals surface area (Å²) in [4.78, 5) is 2.68. The molecule has 1 nitrogen and oxygen atoms in total. The predicted octanol–water partition coefficient (Wildman–Crippen LogP) is 3.03.